The Kier molecular flexibility index (Phi) is 9.82. The van der Waals surface area contributed by atoms with Crippen LogP contribution in [0.2, 0.25) is 0 Å². The number of nitrogens with zero attached hydrogens (tertiary/aromatic N) is 2. The first-order valence-corrected chi connectivity index (χ1v) is 16.4. The molecule has 1 amide bonds. The molecule has 0 spiro atoms. The zero-order valence-corrected chi connectivity index (χ0v) is 24.8. The summed E-state index contributed by atoms with van der Waals surface area (Å²) in [7, 11) is -7.73. The molecule has 9 nitrogen and oxygen atoms in total. The molecule has 2 atom stereocenters. The highest BCUT2D eigenvalue weighted by molar-refractivity contribution is 7.93. The molecule has 42 heavy (non-hydrogen) atoms. The van der Waals surface area contributed by atoms with E-state index >= 15 is 0 Å². The minimum absolute atomic E-state index is 0.00647. The number of hydrogen-bond donors (Lipinski definition) is 1. The number of carbonyl (C=O) groups is 1. The van der Waals surface area contributed by atoms with Gasteiger partial charge in [-0.2, -0.15) is 17.5 Å². The van der Waals surface area contributed by atoms with Gasteiger partial charge < -0.3 is 9.64 Å². The minimum Gasteiger partial charge on any atom is -0.378 e. The van der Waals surface area contributed by atoms with Crippen LogP contribution in [0.15, 0.2) is 64.9 Å². The van der Waals surface area contributed by atoms with Crippen LogP contribution in [0.4, 0.5) is 13.2 Å². The van der Waals surface area contributed by atoms with E-state index in [0.717, 1.165) is 12.1 Å². The van der Waals surface area contributed by atoms with Crippen molar-refractivity contribution in [1.29, 1.82) is 0 Å². The number of allylic oxidation sites excluding steroid dienone is 1. The number of hydrogen-bond acceptors (Lipinski definition) is 6. The first-order chi connectivity index (χ1) is 19.7. The summed E-state index contributed by atoms with van der Waals surface area (Å²) in [5.74, 6) is -0.981. The molecule has 230 valence electrons. The van der Waals surface area contributed by atoms with Crippen molar-refractivity contribution < 1.29 is 39.5 Å². The van der Waals surface area contributed by atoms with Crippen LogP contribution in [0.1, 0.15) is 42.4 Å². The van der Waals surface area contributed by atoms with Crippen LogP contribution >= 0.6 is 0 Å². The molecule has 2 aliphatic heterocycles. The molecule has 0 unspecified atom stereocenters. The number of halogens is 3. The van der Waals surface area contributed by atoms with Crippen LogP contribution < -0.4 is 4.72 Å². The van der Waals surface area contributed by atoms with Crippen LogP contribution in [0.25, 0.3) is 0 Å². The first kappa shape index (κ1) is 32.1. The molecule has 14 heteroatoms. The fraction of sp³-hybridized carbons (Fsp3) is 0.464. The lowest BCUT2D eigenvalue weighted by Gasteiger charge is -2.31. The fourth-order valence-electron chi connectivity index (χ4n) is 5.08. The van der Waals surface area contributed by atoms with E-state index in [1.54, 1.807) is 17.0 Å². The predicted molar refractivity (Wildman–Crippen MR) is 150 cm³/mol. The zero-order valence-electron chi connectivity index (χ0n) is 23.1. The Labute approximate surface area is 244 Å². The number of amides is 1. The molecule has 2 aliphatic rings. The minimum atomic E-state index is -4.48. The van der Waals surface area contributed by atoms with Crippen molar-refractivity contribution in [3.05, 3.63) is 76.7 Å². The van der Waals surface area contributed by atoms with Crippen LogP contribution in [0.3, 0.4) is 0 Å². The summed E-state index contributed by atoms with van der Waals surface area (Å²) in [6.45, 7) is 6.42. The second-order valence-corrected chi connectivity index (χ2v) is 14.3. The van der Waals surface area contributed by atoms with Crippen molar-refractivity contribution in [2.24, 2.45) is 0 Å². The summed E-state index contributed by atoms with van der Waals surface area (Å²) < 4.78 is 99.5. The smallest absolute Gasteiger partial charge is 0.378 e. The van der Waals surface area contributed by atoms with E-state index in [-0.39, 0.29) is 35.2 Å². The molecule has 4 rings (SSSR count). The number of ether oxygens (including phenoxy) is 1. The number of benzene rings is 2. The number of nitrogens with one attached hydrogen (secondary N) is 1. The summed E-state index contributed by atoms with van der Waals surface area (Å²) in [6, 6.07) is 9.99. The number of morpholine rings is 1. The van der Waals surface area contributed by atoms with Gasteiger partial charge in [-0.1, -0.05) is 30.8 Å². The molecule has 2 aromatic rings. The van der Waals surface area contributed by atoms with E-state index in [4.69, 9.17) is 4.74 Å². The molecule has 0 saturated carbocycles. The number of rotatable bonds is 10. The van der Waals surface area contributed by atoms with Crippen molar-refractivity contribution in [3.8, 4) is 0 Å². The molecule has 2 aromatic carbocycles. The third-order valence-electron chi connectivity index (χ3n) is 7.52. The van der Waals surface area contributed by atoms with Gasteiger partial charge >= 0.3 is 6.18 Å². The Morgan fingerprint density at radius 3 is 2.21 bits per heavy atom. The third kappa shape index (κ3) is 7.40. The third-order valence-corrected chi connectivity index (χ3v) is 11.0. The lowest BCUT2D eigenvalue weighted by molar-refractivity contribution is -0.138. The van der Waals surface area contributed by atoms with Gasteiger partial charge in [-0.25, -0.2) is 21.6 Å². The predicted octanol–water partition coefficient (Wildman–Crippen LogP) is 3.50. The van der Waals surface area contributed by atoms with Gasteiger partial charge in [0, 0.05) is 37.1 Å². The van der Waals surface area contributed by atoms with Gasteiger partial charge in [0.1, 0.15) is 0 Å². The van der Waals surface area contributed by atoms with Gasteiger partial charge in [-0.05, 0) is 61.6 Å². The maximum absolute atomic E-state index is 13.6. The number of alkyl halides is 3. The Morgan fingerprint density at radius 2 is 1.64 bits per heavy atom. The Bertz CT molecular complexity index is 1490. The largest absolute Gasteiger partial charge is 0.416 e. The fourth-order valence-corrected chi connectivity index (χ4v) is 7.43. The maximum Gasteiger partial charge on any atom is 0.416 e. The van der Waals surface area contributed by atoms with E-state index < -0.39 is 43.7 Å². The molecule has 2 fully saturated rings. The van der Waals surface area contributed by atoms with E-state index in [9.17, 15) is 34.8 Å². The van der Waals surface area contributed by atoms with E-state index in [0.29, 0.717) is 50.3 Å². The highest BCUT2D eigenvalue weighted by Gasteiger charge is 2.36. The van der Waals surface area contributed by atoms with Gasteiger partial charge in [0.05, 0.1) is 29.6 Å². The average Bonchev–Trinajstić information content (AvgIpc) is 3.45. The topological polar surface area (TPSA) is 113 Å². The van der Waals surface area contributed by atoms with Crippen molar-refractivity contribution in [2.75, 3.05) is 39.4 Å². The average molecular weight is 630 g/mol. The molecule has 1 N–H and O–H groups in total. The van der Waals surface area contributed by atoms with Crippen LogP contribution in [0, 0.1) is 0 Å². The Hall–Kier alpha value is -2.78. The van der Waals surface area contributed by atoms with E-state index in [1.165, 1.54) is 35.5 Å². The molecular formula is C28H34F3N3O6S2. The summed E-state index contributed by atoms with van der Waals surface area (Å²) >= 11 is 0. The second-order valence-electron chi connectivity index (χ2n) is 10.4. The van der Waals surface area contributed by atoms with E-state index in [2.05, 4.69) is 11.3 Å². The summed E-state index contributed by atoms with van der Waals surface area (Å²) in [4.78, 5) is 15.1. The highest BCUT2D eigenvalue weighted by Crippen LogP contribution is 2.32. The van der Waals surface area contributed by atoms with Crippen molar-refractivity contribution in [2.45, 2.75) is 49.2 Å². The van der Waals surface area contributed by atoms with Crippen molar-refractivity contribution in [3.63, 3.8) is 0 Å². The van der Waals surface area contributed by atoms with Gasteiger partial charge in [-0.3, -0.25) is 4.79 Å². The molecule has 0 bridgehead atoms. The summed E-state index contributed by atoms with van der Waals surface area (Å²) in [6.07, 6.45) is -3.30. The van der Waals surface area contributed by atoms with Crippen LogP contribution in [-0.2, 0) is 42.2 Å². The molecular weight excluding hydrogens is 595 g/mol. The standard InChI is InChI=1S/C28H34F3N3O6S2/c1-20(2)41(36,37)32-19-24-4-3-13-34(24)42(38,39)25-11-7-22(8-12-25)26(27(35)33-14-16-40-17-15-33)18-21-5-9-23(10-6-21)28(29,30)31/h5-12,24,26,32H,1,3-4,13-19H2,2H3/t24-,26-/m1/s1. The molecule has 0 aromatic heterocycles. The van der Waals surface area contributed by atoms with Crippen molar-refractivity contribution in [1.82, 2.24) is 13.9 Å². The van der Waals surface area contributed by atoms with Crippen molar-refractivity contribution >= 4 is 26.0 Å². The highest BCUT2D eigenvalue weighted by atomic mass is 32.2. The van der Waals surface area contributed by atoms with Gasteiger partial charge in [0.15, 0.2) is 0 Å². The monoisotopic (exact) mass is 629 g/mol. The molecule has 2 heterocycles. The van der Waals surface area contributed by atoms with Gasteiger partial charge in [0.25, 0.3) is 0 Å². The SMILES string of the molecule is C=C(C)S(=O)(=O)NC[C@H]1CCCN1S(=O)(=O)c1ccc([C@@H](Cc2ccc(C(F)(F)F)cc2)C(=O)N2CCOCC2)cc1. The number of carbonyl (C=O) groups excluding carboxylic acids is 1. The zero-order chi connectivity index (χ0) is 30.7. The Balaban J connectivity index is 1.57. The molecule has 2 saturated heterocycles. The van der Waals surface area contributed by atoms with Crippen LogP contribution in [0.5, 0.6) is 0 Å². The van der Waals surface area contributed by atoms with Crippen LogP contribution in [-0.4, -0.2) is 77.4 Å². The lowest BCUT2D eigenvalue weighted by Crippen LogP contribution is -2.43. The normalized spacial score (nSPS) is 19.5. The second kappa shape index (κ2) is 12.8. The summed E-state index contributed by atoms with van der Waals surface area (Å²) in [5, 5.41) is 0. The lowest BCUT2D eigenvalue weighted by atomic mass is 9.90. The maximum atomic E-state index is 13.6. The van der Waals surface area contributed by atoms with Gasteiger partial charge in [-0.15, -0.1) is 0 Å². The molecule has 0 aliphatic carbocycles. The molecule has 0 radical (unpaired) electrons. The Morgan fingerprint density at radius 1 is 1.02 bits per heavy atom. The number of sulfonamides is 2. The quantitative estimate of drug-likeness (QED) is 0.431. The first-order valence-electron chi connectivity index (χ1n) is 13.5. The van der Waals surface area contributed by atoms with E-state index in [1.807, 2.05) is 0 Å². The summed E-state index contributed by atoms with van der Waals surface area (Å²) in [5.41, 5.74) is 0.269. The van der Waals surface area contributed by atoms with Gasteiger partial charge in [0.2, 0.25) is 26.0 Å².